The minimum atomic E-state index is -0.814. The van der Waals surface area contributed by atoms with Crippen molar-refractivity contribution in [2.24, 2.45) is 11.8 Å². The Morgan fingerprint density at radius 1 is 1.00 bits per heavy atom. The molecule has 1 unspecified atom stereocenters. The summed E-state index contributed by atoms with van der Waals surface area (Å²) >= 11 is 0. The van der Waals surface area contributed by atoms with Crippen LogP contribution >= 0.6 is 0 Å². The summed E-state index contributed by atoms with van der Waals surface area (Å²) in [5, 5.41) is 18.2. The highest BCUT2D eigenvalue weighted by atomic mass is 16.4. The monoisotopic (exact) mass is 520 g/mol. The van der Waals surface area contributed by atoms with Gasteiger partial charge >= 0.3 is 5.97 Å². The second kappa shape index (κ2) is 12.0. The quantitative estimate of drug-likeness (QED) is 0.368. The molecule has 1 fully saturated rings. The molecule has 1 N–H and O–H groups in total. The van der Waals surface area contributed by atoms with Crippen LogP contribution < -0.4 is 0 Å². The normalized spacial score (nSPS) is 17.3. The second-order valence-electron chi connectivity index (χ2n) is 10.4. The zero-order valence-corrected chi connectivity index (χ0v) is 21.9. The van der Waals surface area contributed by atoms with E-state index in [9.17, 15) is 9.59 Å². The molecule has 2 heterocycles. The number of carbonyl (C=O) groups is 2. The molecule has 1 aliphatic heterocycles. The smallest absolute Gasteiger partial charge is 0.303 e. The number of amides is 1. The van der Waals surface area contributed by atoms with Crippen LogP contribution in [0.1, 0.15) is 60.1 Å². The Balaban J connectivity index is 1.36. The number of aromatic nitrogens is 2. The van der Waals surface area contributed by atoms with Gasteiger partial charge in [0.05, 0.1) is 34.1 Å². The average Bonchev–Trinajstić information content (AvgIpc) is 2.98. The molecule has 1 amide bonds. The van der Waals surface area contributed by atoms with Gasteiger partial charge in [0.15, 0.2) is 0 Å². The number of allylic oxidation sites excluding steroid dienone is 4. The van der Waals surface area contributed by atoms with Crippen molar-refractivity contribution in [1.82, 2.24) is 14.9 Å². The number of piperidine rings is 1. The van der Waals surface area contributed by atoms with Crippen molar-refractivity contribution in [3.63, 3.8) is 0 Å². The van der Waals surface area contributed by atoms with Gasteiger partial charge in [0.2, 0.25) is 0 Å². The van der Waals surface area contributed by atoms with Crippen LogP contribution in [-0.4, -0.2) is 44.9 Å². The minimum absolute atomic E-state index is 0.0235. The Labute approximate surface area is 228 Å². The van der Waals surface area contributed by atoms with E-state index in [1.165, 1.54) is 0 Å². The van der Waals surface area contributed by atoms with Crippen molar-refractivity contribution >= 4 is 22.9 Å². The third-order valence-corrected chi connectivity index (χ3v) is 7.77. The summed E-state index contributed by atoms with van der Waals surface area (Å²) in [6, 6.07) is 14.9. The maximum atomic E-state index is 13.4. The summed E-state index contributed by atoms with van der Waals surface area (Å²) in [4.78, 5) is 36.1. The molecule has 2 aromatic carbocycles. The number of unbranched alkanes of at least 4 members (excludes halogenated alkanes) is 1. The number of hydrogen-bond donors (Lipinski definition) is 1. The van der Waals surface area contributed by atoms with Gasteiger partial charge in [-0.3, -0.25) is 9.59 Å². The molecule has 0 radical (unpaired) electrons. The van der Waals surface area contributed by atoms with Gasteiger partial charge < -0.3 is 10.0 Å². The number of carboxylic acids is 1. The molecule has 1 aromatic heterocycles. The number of rotatable bonds is 8. The van der Waals surface area contributed by atoms with Gasteiger partial charge in [-0.15, -0.1) is 0 Å². The van der Waals surface area contributed by atoms with Crippen molar-refractivity contribution < 1.29 is 14.7 Å². The molecule has 1 saturated heterocycles. The van der Waals surface area contributed by atoms with Gasteiger partial charge in [-0.1, -0.05) is 36.4 Å². The van der Waals surface area contributed by atoms with Crippen LogP contribution in [-0.2, 0) is 11.2 Å². The summed E-state index contributed by atoms with van der Waals surface area (Å²) in [7, 11) is 0. The van der Waals surface area contributed by atoms with Crippen molar-refractivity contribution in [1.29, 1.82) is 5.26 Å². The Kier molecular flexibility index (Phi) is 8.12. The van der Waals surface area contributed by atoms with Gasteiger partial charge in [0, 0.05) is 30.6 Å². The Bertz CT molecular complexity index is 1460. The number of carboxylic acid groups (broad SMARTS) is 1. The van der Waals surface area contributed by atoms with Gasteiger partial charge in [-0.05, 0) is 80.7 Å². The average molecular weight is 521 g/mol. The maximum Gasteiger partial charge on any atom is 0.303 e. The van der Waals surface area contributed by atoms with Crippen molar-refractivity contribution in [3.8, 4) is 17.3 Å². The number of aliphatic carboxylic acids is 1. The first-order valence-corrected chi connectivity index (χ1v) is 13.7. The first kappa shape index (κ1) is 26.3. The van der Waals surface area contributed by atoms with Crippen molar-refractivity contribution in [2.75, 3.05) is 13.1 Å². The summed E-state index contributed by atoms with van der Waals surface area (Å²) in [5.41, 5.74) is 4.85. The SMILES string of the molecule is N#Cc1ccc(-c2nc3ccc(C(=O)N4CCC(C5C=CC=CC5)CC4)cc3nc2CCCCC(=O)O)cc1. The first-order chi connectivity index (χ1) is 19.0. The van der Waals surface area contributed by atoms with Gasteiger partial charge in [-0.2, -0.15) is 5.26 Å². The highest BCUT2D eigenvalue weighted by Crippen LogP contribution is 2.31. The number of carbonyl (C=O) groups excluding carboxylic acids is 1. The Morgan fingerprint density at radius 3 is 2.49 bits per heavy atom. The zero-order chi connectivity index (χ0) is 27.2. The molecule has 39 heavy (non-hydrogen) atoms. The third-order valence-electron chi connectivity index (χ3n) is 7.77. The largest absolute Gasteiger partial charge is 0.481 e. The molecule has 0 bridgehead atoms. The fourth-order valence-electron chi connectivity index (χ4n) is 5.56. The number of hydrogen-bond acceptors (Lipinski definition) is 5. The minimum Gasteiger partial charge on any atom is -0.481 e. The zero-order valence-electron chi connectivity index (χ0n) is 21.9. The lowest BCUT2D eigenvalue weighted by atomic mass is 9.81. The van der Waals surface area contributed by atoms with Crippen LogP contribution in [0.15, 0.2) is 66.8 Å². The highest BCUT2D eigenvalue weighted by Gasteiger charge is 2.28. The summed E-state index contributed by atoms with van der Waals surface area (Å²) in [6.07, 6.45) is 13.8. The number of likely N-dealkylation sites (tertiary alicyclic amines) is 1. The number of nitriles is 1. The van der Waals surface area contributed by atoms with E-state index in [1.54, 1.807) is 12.1 Å². The molecule has 7 heteroatoms. The van der Waals surface area contributed by atoms with E-state index in [1.807, 2.05) is 35.2 Å². The van der Waals surface area contributed by atoms with E-state index < -0.39 is 5.97 Å². The lowest BCUT2D eigenvalue weighted by Crippen LogP contribution is -2.40. The van der Waals surface area contributed by atoms with Crippen LogP contribution in [0, 0.1) is 23.2 Å². The molecule has 5 rings (SSSR count). The molecule has 0 saturated carbocycles. The number of benzene rings is 2. The second-order valence-corrected chi connectivity index (χ2v) is 10.4. The highest BCUT2D eigenvalue weighted by molar-refractivity contribution is 5.97. The molecule has 3 aromatic rings. The van der Waals surface area contributed by atoms with Crippen LogP contribution in [0.3, 0.4) is 0 Å². The third kappa shape index (κ3) is 6.23. The first-order valence-electron chi connectivity index (χ1n) is 13.7. The van der Waals surface area contributed by atoms with Gasteiger partial charge in [-0.25, -0.2) is 9.97 Å². The fraction of sp³-hybridized carbons (Fsp3) is 0.344. The molecule has 7 nitrogen and oxygen atoms in total. The van der Waals surface area contributed by atoms with Crippen molar-refractivity contribution in [2.45, 2.75) is 44.9 Å². The maximum absolute atomic E-state index is 13.4. The fourth-order valence-corrected chi connectivity index (χ4v) is 5.56. The Hall–Kier alpha value is -4.31. The van der Waals surface area contributed by atoms with Crippen LogP contribution in [0.25, 0.3) is 22.3 Å². The molecule has 198 valence electrons. The predicted molar refractivity (Wildman–Crippen MR) is 150 cm³/mol. The van der Waals surface area contributed by atoms with Crippen LogP contribution in [0.5, 0.6) is 0 Å². The van der Waals surface area contributed by atoms with Gasteiger partial charge in [0.25, 0.3) is 5.91 Å². The van der Waals surface area contributed by atoms with Crippen LogP contribution in [0.2, 0.25) is 0 Å². The Morgan fingerprint density at radius 2 is 1.79 bits per heavy atom. The van der Waals surface area contributed by atoms with E-state index in [0.29, 0.717) is 53.3 Å². The lowest BCUT2D eigenvalue weighted by molar-refractivity contribution is -0.137. The molecular formula is C32H32N4O3. The summed E-state index contributed by atoms with van der Waals surface area (Å²) in [5.74, 6) is 0.394. The van der Waals surface area contributed by atoms with E-state index in [2.05, 4.69) is 30.4 Å². The molecule has 2 aliphatic rings. The van der Waals surface area contributed by atoms with Crippen LogP contribution in [0.4, 0.5) is 0 Å². The molecule has 1 aliphatic carbocycles. The van der Waals surface area contributed by atoms with E-state index >= 15 is 0 Å². The summed E-state index contributed by atoms with van der Waals surface area (Å²) < 4.78 is 0. The molecule has 1 atom stereocenters. The topological polar surface area (TPSA) is 107 Å². The molecular weight excluding hydrogens is 488 g/mol. The number of nitrogens with zero attached hydrogens (tertiary/aromatic N) is 4. The molecule has 0 spiro atoms. The standard InChI is InChI=1S/C32H32N4O3/c33-21-22-10-12-25(13-11-22)31-28(8-4-5-9-30(37)38)34-29-20-26(14-15-27(29)35-31)32(39)36-18-16-24(17-19-36)23-6-2-1-3-7-23/h1-3,6,10-15,20,23-24H,4-5,7-9,16-19H2,(H,37,38). The van der Waals surface area contributed by atoms with E-state index in [-0.39, 0.29) is 12.3 Å². The van der Waals surface area contributed by atoms with Gasteiger partial charge in [0.1, 0.15) is 0 Å². The predicted octanol–water partition coefficient (Wildman–Crippen LogP) is 5.95. The number of fused-ring (bicyclic) bond motifs is 1. The van der Waals surface area contributed by atoms with E-state index in [0.717, 1.165) is 49.3 Å². The lowest BCUT2D eigenvalue weighted by Gasteiger charge is -2.35. The summed E-state index contributed by atoms with van der Waals surface area (Å²) in [6.45, 7) is 1.52. The van der Waals surface area contributed by atoms with E-state index in [4.69, 9.17) is 20.3 Å². The number of aryl methyl sites for hydroxylation is 1. The van der Waals surface area contributed by atoms with Crippen molar-refractivity contribution in [3.05, 3.63) is 83.6 Å².